The number of phenols is 1. The number of rotatable bonds is 4. The van der Waals surface area contributed by atoms with E-state index in [1.165, 1.54) is 0 Å². The highest BCUT2D eigenvalue weighted by atomic mass is 16.3. The van der Waals surface area contributed by atoms with Crippen molar-refractivity contribution in [3.63, 3.8) is 0 Å². The van der Waals surface area contributed by atoms with Gasteiger partial charge in [-0.3, -0.25) is 4.79 Å². The topological polar surface area (TPSA) is 90.5 Å². The summed E-state index contributed by atoms with van der Waals surface area (Å²) < 4.78 is 0. The first kappa shape index (κ1) is 16.8. The van der Waals surface area contributed by atoms with Gasteiger partial charge in [-0.15, -0.1) is 0 Å². The van der Waals surface area contributed by atoms with E-state index in [0.717, 1.165) is 24.0 Å². The van der Waals surface area contributed by atoms with Gasteiger partial charge in [0.25, 0.3) is 0 Å². The number of phenolic OH excluding ortho intramolecular Hbond substituents is 1. The molecule has 2 aromatic carbocycles. The normalized spacial score (nSPS) is 15.3. The van der Waals surface area contributed by atoms with Crippen LogP contribution in [0.15, 0.2) is 42.5 Å². The molecular formula is C19H21N3O3. The van der Waals surface area contributed by atoms with Crippen molar-refractivity contribution >= 4 is 23.3 Å². The molecule has 0 saturated heterocycles. The van der Waals surface area contributed by atoms with Gasteiger partial charge in [0.2, 0.25) is 5.91 Å². The third kappa shape index (κ3) is 3.91. The van der Waals surface area contributed by atoms with Gasteiger partial charge >= 0.3 is 6.03 Å². The quantitative estimate of drug-likeness (QED) is 0.686. The van der Waals surface area contributed by atoms with Crippen LogP contribution in [0.25, 0.3) is 0 Å². The van der Waals surface area contributed by atoms with Crippen LogP contribution in [-0.2, 0) is 11.2 Å². The second-order valence-corrected chi connectivity index (χ2v) is 6.01. The third-order valence-electron chi connectivity index (χ3n) is 4.30. The van der Waals surface area contributed by atoms with Gasteiger partial charge in [-0.05, 0) is 54.3 Å². The molecule has 3 amide bonds. The van der Waals surface area contributed by atoms with Crippen molar-refractivity contribution < 1.29 is 14.7 Å². The van der Waals surface area contributed by atoms with Gasteiger partial charge < -0.3 is 21.1 Å². The van der Waals surface area contributed by atoms with Crippen LogP contribution < -0.4 is 16.0 Å². The standard InChI is InChI=1S/C19H21N3O3/c1-2-18(24)20-12-6-8-13(9-7-12)21-19(25)22-16-11-10-15-14(16)4-3-5-17(15)23/h3-9,16,23H,2,10-11H2,1H3,(H,20,24)(H2,21,22,25)/t16-/m0/s1. The summed E-state index contributed by atoms with van der Waals surface area (Å²) in [6.45, 7) is 1.79. The average molecular weight is 339 g/mol. The molecule has 1 atom stereocenters. The zero-order valence-corrected chi connectivity index (χ0v) is 14.0. The number of amides is 3. The maximum atomic E-state index is 12.2. The number of hydrogen-bond donors (Lipinski definition) is 4. The molecule has 0 spiro atoms. The molecular weight excluding hydrogens is 318 g/mol. The fraction of sp³-hybridized carbons (Fsp3) is 0.263. The minimum atomic E-state index is -0.300. The van der Waals surface area contributed by atoms with Crippen molar-refractivity contribution in [1.29, 1.82) is 0 Å². The number of anilines is 2. The average Bonchev–Trinajstić information content (AvgIpc) is 3.01. The second kappa shape index (κ2) is 7.25. The van der Waals surface area contributed by atoms with Crippen molar-refractivity contribution in [3.05, 3.63) is 53.6 Å². The summed E-state index contributed by atoms with van der Waals surface area (Å²) in [7, 11) is 0. The molecule has 0 aromatic heterocycles. The van der Waals surface area contributed by atoms with Crippen LogP contribution in [-0.4, -0.2) is 17.0 Å². The van der Waals surface area contributed by atoms with Gasteiger partial charge in [0.1, 0.15) is 5.75 Å². The van der Waals surface area contributed by atoms with Crippen molar-refractivity contribution in [1.82, 2.24) is 5.32 Å². The number of carbonyl (C=O) groups is 2. The summed E-state index contributed by atoms with van der Waals surface area (Å²) in [4.78, 5) is 23.6. The highest BCUT2D eigenvalue weighted by Gasteiger charge is 2.25. The Balaban J connectivity index is 1.59. The molecule has 130 valence electrons. The SMILES string of the molecule is CCC(=O)Nc1ccc(NC(=O)N[C@H]2CCc3c(O)cccc32)cc1. The predicted octanol–water partition coefficient (Wildman–Crippen LogP) is 3.55. The van der Waals surface area contributed by atoms with Crippen LogP contribution in [0.4, 0.5) is 16.2 Å². The summed E-state index contributed by atoms with van der Waals surface area (Å²) in [6.07, 6.45) is 1.93. The molecule has 0 radical (unpaired) electrons. The summed E-state index contributed by atoms with van der Waals surface area (Å²) in [5, 5.41) is 18.3. The molecule has 0 fully saturated rings. The lowest BCUT2D eigenvalue weighted by molar-refractivity contribution is -0.115. The van der Waals surface area contributed by atoms with Crippen molar-refractivity contribution in [3.8, 4) is 5.75 Å². The van der Waals surface area contributed by atoms with Crippen LogP contribution in [0.1, 0.15) is 36.9 Å². The number of nitrogens with one attached hydrogen (secondary N) is 3. The van der Waals surface area contributed by atoms with Gasteiger partial charge in [0, 0.05) is 17.8 Å². The number of fused-ring (bicyclic) bond motifs is 1. The molecule has 0 bridgehead atoms. The van der Waals surface area contributed by atoms with E-state index in [4.69, 9.17) is 0 Å². The first-order valence-corrected chi connectivity index (χ1v) is 8.35. The third-order valence-corrected chi connectivity index (χ3v) is 4.30. The van der Waals surface area contributed by atoms with Gasteiger partial charge in [0.15, 0.2) is 0 Å². The maximum absolute atomic E-state index is 12.2. The van der Waals surface area contributed by atoms with E-state index in [9.17, 15) is 14.7 Å². The number of aromatic hydroxyl groups is 1. The fourth-order valence-electron chi connectivity index (χ4n) is 3.00. The van der Waals surface area contributed by atoms with Crippen molar-refractivity contribution in [2.75, 3.05) is 10.6 Å². The highest BCUT2D eigenvalue weighted by molar-refractivity contribution is 5.92. The number of urea groups is 1. The Labute approximate surface area is 146 Å². The van der Waals surface area contributed by atoms with Crippen LogP contribution in [0.3, 0.4) is 0 Å². The minimum absolute atomic E-state index is 0.0541. The fourth-order valence-corrected chi connectivity index (χ4v) is 3.00. The molecule has 6 nitrogen and oxygen atoms in total. The second-order valence-electron chi connectivity index (χ2n) is 6.01. The lowest BCUT2D eigenvalue weighted by atomic mass is 10.1. The zero-order chi connectivity index (χ0) is 17.8. The van der Waals surface area contributed by atoms with E-state index in [1.807, 2.05) is 6.07 Å². The van der Waals surface area contributed by atoms with E-state index in [0.29, 0.717) is 17.8 Å². The Bertz CT molecular complexity index is 787. The maximum Gasteiger partial charge on any atom is 0.319 e. The van der Waals surface area contributed by atoms with Crippen LogP contribution >= 0.6 is 0 Å². The highest BCUT2D eigenvalue weighted by Crippen LogP contribution is 2.36. The van der Waals surface area contributed by atoms with Crippen molar-refractivity contribution in [2.24, 2.45) is 0 Å². The smallest absolute Gasteiger partial charge is 0.319 e. The summed E-state index contributed by atoms with van der Waals surface area (Å²) in [6, 6.07) is 11.9. The molecule has 1 aliphatic rings. The van der Waals surface area contributed by atoms with Gasteiger partial charge in [-0.2, -0.15) is 0 Å². The molecule has 0 unspecified atom stereocenters. The first-order chi connectivity index (χ1) is 12.1. The van der Waals surface area contributed by atoms with Gasteiger partial charge in [0.05, 0.1) is 6.04 Å². The first-order valence-electron chi connectivity index (χ1n) is 8.35. The molecule has 0 aliphatic heterocycles. The van der Waals surface area contributed by atoms with E-state index in [-0.39, 0.29) is 23.7 Å². The van der Waals surface area contributed by atoms with E-state index < -0.39 is 0 Å². The summed E-state index contributed by atoms with van der Waals surface area (Å²) in [5.74, 6) is 0.230. The van der Waals surface area contributed by atoms with Gasteiger partial charge in [-0.1, -0.05) is 19.1 Å². The van der Waals surface area contributed by atoms with Gasteiger partial charge in [-0.25, -0.2) is 4.79 Å². The van der Waals surface area contributed by atoms with E-state index in [1.54, 1.807) is 43.3 Å². The molecule has 0 heterocycles. The monoisotopic (exact) mass is 339 g/mol. The molecule has 2 aromatic rings. The van der Waals surface area contributed by atoms with E-state index >= 15 is 0 Å². The molecule has 25 heavy (non-hydrogen) atoms. The van der Waals surface area contributed by atoms with Crippen LogP contribution in [0.5, 0.6) is 5.75 Å². The molecule has 3 rings (SSSR count). The van der Waals surface area contributed by atoms with Crippen LogP contribution in [0, 0.1) is 0 Å². The van der Waals surface area contributed by atoms with E-state index in [2.05, 4.69) is 16.0 Å². The molecule has 1 aliphatic carbocycles. The molecule has 6 heteroatoms. The Morgan fingerprint density at radius 3 is 2.44 bits per heavy atom. The molecule has 4 N–H and O–H groups in total. The zero-order valence-electron chi connectivity index (χ0n) is 14.0. The Morgan fingerprint density at radius 1 is 1.08 bits per heavy atom. The molecule has 0 saturated carbocycles. The number of hydrogen-bond acceptors (Lipinski definition) is 3. The predicted molar refractivity (Wildman–Crippen MR) is 96.7 cm³/mol. The Kier molecular flexibility index (Phi) is 4.88. The summed E-state index contributed by atoms with van der Waals surface area (Å²) >= 11 is 0. The number of benzene rings is 2. The lowest BCUT2D eigenvalue weighted by Crippen LogP contribution is -2.31. The Morgan fingerprint density at radius 2 is 1.76 bits per heavy atom. The largest absolute Gasteiger partial charge is 0.508 e. The lowest BCUT2D eigenvalue weighted by Gasteiger charge is -2.15. The van der Waals surface area contributed by atoms with Crippen molar-refractivity contribution in [2.45, 2.75) is 32.2 Å². The van der Waals surface area contributed by atoms with Crippen LogP contribution in [0.2, 0.25) is 0 Å². The minimum Gasteiger partial charge on any atom is -0.508 e. The summed E-state index contributed by atoms with van der Waals surface area (Å²) in [5.41, 5.74) is 3.20. The Hall–Kier alpha value is -3.02. The number of carbonyl (C=O) groups excluding carboxylic acids is 2.